The third-order valence-corrected chi connectivity index (χ3v) is 4.12. The van der Waals surface area contributed by atoms with Crippen molar-refractivity contribution < 1.29 is 9.59 Å². The molecule has 1 aliphatic rings. The molecule has 1 aromatic carbocycles. The molecular formula is C19H28ClN3O2. The van der Waals surface area contributed by atoms with Crippen molar-refractivity contribution in [1.29, 1.82) is 0 Å². The fourth-order valence-corrected chi connectivity index (χ4v) is 2.68. The second-order valence-corrected chi connectivity index (χ2v) is 6.49. The molecule has 0 aromatic heterocycles. The molecular weight excluding hydrogens is 338 g/mol. The summed E-state index contributed by atoms with van der Waals surface area (Å²) in [5.74, 6) is -0.214. The summed E-state index contributed by atoms with van der Waals surface area (Å²) >= 11 is 0. The largest absolute Gasteiger partial charge is 0.351 e. The lowest BCUT2D eigenvalue weighted by atomic mass is 10.0. The number of hydrogen-bond acceptors (Lipinski definition) is 3. The van der Waals surface area contributed by atoms with Gasteiger partial charge in [0.15, 0.2) is 0 Å². The maximum absolute atomic E-state index is 12.4. The number of carbonyl (C=O) groups is 2. The van der Waals surface area contributed by atoms with Gasteiger partial charge in [0.25, 0.3) is 0 Å². The second kappa shape index (κ2) is 10.9. The quantitative estimate of drug-likeness (QED) is 0.645. The van der Waals surface area contributed by atoms with Crippen LogP contribution in [0.2, 0.25) is 0 Å². The number of carbonyl (C=O) groups excluding carboxylic acids is 2. The molecule has 5 nitrogen and oxygen atoms in total. The predicted octanol–water partition coefficient (Wildman–Crippen LogP) is 1.83. The zero-order valence-corrected chi connectivity index (χ0v) is 15.7. The maximum atomic E-state index is 12.4. The molecule has 0 saturated heterocycles. The van der Waals surface area contributed by atoms with Crippen molar-refractivity contribution in [2.45, 2.75) is 32.7 Å². The number of halogens is 1. The summed E-state index contributed by atoms with van der Waals surface area (Å²) in [5.41, 5.74) is 2.18. The highest BCUT2D eigenvalue weighted by atomic mass is 35.5. The molecule has 1 atom stereocenters. The molecule has 3 N–H and O–H groups in total. The van der Waals surface area contributed by atoms with E-state index in [0.29, 0.717) is 6.54 Å². The van der Waals surface area contributed by atoms with E-state index in [1.54, 1.807) is 0 Å². The Morgan fingerprint density at radius 1 is 1.20 bits per heavy atom. The molecule has 1 aromatic rings. The van der Waals surface area contributed by atoms with Crippen LogP contribution in [0, 0.1) is 5.92 Å². The third-order valence-electron chi connectivity index (χ3n) is 4.12. The minimum absolute atomic E-state index is 0. The molecule has 2 amide bonds. The topological polar surface area (TPSA) is 70.2 Å². The van der Waals surface area contributed by atoms with Gasteiger partial charge in [-0.15, -0.1) is 12.4 Å². The van der Waals surface area contributed by atoms with Gasteiger partial charge < -0.3 is 16.0 Å². The summed E-state index contributed by atoms with van der Waals surface area (Å²) in [4.78, 5) is 24.7. The number of benzene rings is 1. The molecule has 0 saturated carbocycles. The summed E-state index contributed by atoms with van der Waals surface area (Å²) in [7, 11) is 0. The van der Waals surface area contributed by atoms with E-state index < -0.39 is 6.04 Å². The van der Waals surface area contributed by atoms with Gasteiger partial charge in [0.2, 0.25) is 11.8 Å². The number of nitrogens with one attached hydrogen (secondary N) is 3. The van der Waals surface area contributed by atoms with Crippen LogP contribution in [-0.2, 0) is 16.0 Å². The van der Waals surface area contributed by atoms with Crippen molar-refractivity contribution in [3.05, 3.63) is 47.5 Å². The summed E-state index contributed by atoms with van der Waals surface area (Å²) in [5, 5.41) is 9.07. The second-order valence-electron chi connectivity index (χ2n) is 6.49. The van der Waals surface area contributed by atoms with Crippen LogP contribution in [0.1, 0.15) is 25.8 Å². The Hall–Kier alpha value is -1.85. The molecule has 6 heteroatoms. The summed E-state index contributed by atoms with van der Waals surface area (Å²) < 4.78 is 0. The van der Waals surface area contributed by atoms with Gasteiger partial charge in [-0.1, -0.05) is 55.8 Å². The molecule has 0 fully saturated rings. The fraction of sp³-hybridized carbons (Fsp3) is 0.474. The first-order valence-electron chi connectivity index (χ1n) is 8.56. The SMILES string of the molecule is CC(C)C(NC(=O)Cc1ccccc1)C(=O)NCC1=CCNCC1.Cl. The van der Waals surface area contributed by atoms with E-state index in [0.717, 1.165) is 25.1 Å². The normalized spacial score (nSPS) is 14.9. The van der Waals surface area contributed by atoms with Crippen LogP contribution in [0.3, 0.4) is 0 Å². The van der Waals surface area contributed by atoms with Gasteiger partial charge >= 0.3 is 0 Å². The van der Waals surface area contributed by atoms with E-state index in [4.69, 9.17) is 0 Å². The number of hydrogen-bond donors (Lipinski definition) is 3. The zero-order valence-electron chi connectivity index (χ0n) is 14.9. The Morgan fingerprint density at radius 3 is 2.52 bits per heavy atom. The molecule has 0 aliphatic carbocycles. The summed E-state index contributed by atoms with van der Waals surface area (Å²) in [6.45, 7) is 6.24. The van der Waals surface area contributed by atoms with Gasteiger partial charge in [0, 0.05) is 13.1 Å². The minimum atomic E-state index is -0.511. The molecule has 1 aliphatic heterocycles. The van der Waals surface area contributed by atoms with Crippen molar-refractivity contribution in [2.75, 3.05) is 19.6 Å². The van der Waals surface area contributed by atoms with Crippen molar-refractivity contribution >= 4 is 24.2 Å². The molecule has 1 heterocycles. The van der Waals surface area contributed by atoms with Gasteiger partial charge in [-0.3, -0.25) is 9.59 Å². The minimum Gasteiger partial charge on any atom is -0.351 e. The highest BCUT2D eigenvalue weighted by molar-refractivity contribution is 5.88. The summed E-state index contributed by atoms with van der Waals surface area (Å²) in [6, 6.07) is 9.04. The first kappa shape index (κ1) is 21.2. The Morgan fingerprint density at radius 2 is 1.92 bits per heavy atom. The zero-order chi connectivity index (χ0) is 17.4. The van der Waals surface area contributed by atoms with Crippen molar-refractivity contribution in [2.24, 2.45) is 5.92 Å². The lowest BCUT2D eigenvalue weighted by Crippen LogP contribution is -2.50. The smallest absolute Gasteiger partial charge is 0.243 e. The lowest BCUT2D eigenvalue weighted by Gasteiger charge is -2.23. The highest BCUT2D eigenvalue weighted by Crippen LogP contribution is 2.06. The maximum Gasteiger partial charge on any atom is 0.243 e. The van der Waals surface area contributed by atoms with Crippen LogP contribution in [0.5, 0.6) is 0 Å². The van der Waals surface area contributed by atoms with Gasteiger partial charge in [0.1, 0.15) is 6.04 Å². The first-order valence-corrected chi connectivity index (χ1v) is 8.56. The van der Waals surface area contributed by atoms with Gasteiger partial charge in [0.05, 0.1) is 6.42 Å². The van der Waals surface area contributed by atoms with E-state index in [1.165, 1.54) is 5.57 Å². The predicted molar refractivity (Wildman–Crippen MR) is 103 cm³/mol. The number of rotatable bonds is 7. The van der Waals surface area contributed by atoms with E-state index >= 15 is 0 Å². The van der Waals surface area contributed by atoms with Crippen molar-refractivity contribution in [1.82, 2.24) is 16.0 Å². The highest BCUT2D eigenvalue weighted by Gasteiger charge is 2.24. The van der Waals surface area contributed by atoms with E-state index in [1.807, 2.05) is 44.2 Å². The van der Waals surface area contributed by atoms with Gasteiger partial charge in [-0.2, -0.15) is 0 Å². The fourth-order valence-electron chi connectivity index (χ4n) is 2.68. The van der Waals surface area contributed by atoms with Crippen LogP contribution in [0.25, 0.3) is 0 Å². The Balaban J connectivity index is 0.00000312. The molecule has 138 valence electrons. The van der Waals surface area contributed by atoms with Crippen LogP contribution in [-0.4, -0.2) is 37.5 Å². The monoisotopic (exact) mass is 365 g/mol. The third kappa shape index (κ3) is 7.28. The van der Waals surface area contributed by atoms with Gasteiger partial charge in [-0.25, -0.2) is 0 Å². The van der Waals surface area contributed by atoms with Crippen LogP contribution in [0.4, 0.5) is 0 Å². The Labute approximate surface area is 156 Å². The molecule has 1 unspecified atom stereocenters. The standard InChI is InChI=1S/C19H27N3O2.ClH/c1-14(2)18(19(24)21-13-16-8-10-20-11-9-16)22-17(23)12-15-6-4-3-5-7-15;/h3-8,14,18,20H,9-13H2,1-2H3,(H,21,24)(H,22,23);1H. The van der Waals surface area contributed by atoms with Crippen LogP contribution < -0.4 is 16.0 Å². The molecule has 2 rings (SSSR count). The van der Waals surface area contributed by atoms with Crippen molar-refractivity contribution in [3.8, 4) is 0 Å². The number of amides is 2. The molecule has 0 bridgehead atoms. The molecule has 0 radical (unpaired) electrons. The Bertz CT molecular complexity index is 588. The van der Waals surface area contributed by atoms with Crippen LogP contribution >= 0.6 is 12.4 Å². The van der Waals surface area contributed by atoms with E-state index in [-0.39, 0.29) is 36.6 Å². The van der Waals surface area contributed by atoms with E-state index in [9.17, 15) is 9.59 Å². The average molecular weight is 366 g/mol. The van der Waals surface area contributed by atoms with E-state index in [2.05, 4.69) is 22.0 Å². The van der Waals surface area contributed by atoms with Gasteiger partial charge in [-0.05, 0) is 24.4 Å². The average Bonchev–Trinajstić information content (AvgIpc) is 2.59. The first-order chi connectivity index (χ1) is 11.6. The lowest BCUT2D eigenvalue weighted by molar-refractivity contribution is -0.129. The summed E-state index contributed by atoms with van der Waals surface area (Å²) in [6.07, 6.45) is 3.35. The van der Waals surface area contributed by atoms with Crippen molar-refractivity contribution in [3.63, 3.8) is 0 Å². The van der Waals surface area contributed by atoms with Crippen LogP contribution in [0.15, 0.2) is 42.0 Å². The molecule has 25 heavy (non-hydrogen) atoms. The molecule has 0 spiro atoms. The Kier molecular flexibility index (Phi) is 9.24.